The molecule has 2 aromatic heterocycles. The van der Waals surface area contributed by atoms with Crippen LogP contribution in [0.15, 0.2) is 16.6 Å². The summed E-state index contributed by atoms with van der Waals surface area (Å²) in [6.45, 7) is 2.20. The molecule has 0 atom stereocenters. The van der Waals surface area contributed by atoms with Crippen molar-refractivity contribution in [1.29, 1.82) is 0 Å². The minimum Gasteiger partial charge on any atom is -0.372 e. The predicted molar refractivity (Wildman–Crippen MR) is 76.9 cm³/mol. The van der Waals surface area contributed by atoms with Gasteiger partial charge in [-0.2, -0.15) is 10.1 Å². The van der Waals surface area contributed by atoms with Gasteiger partial charge in [0.05, 0.1) is 4.92 Å². The average Bonchev–Trinajstić information content (AvgIpc) is 2.97. The first-order valence-corrected chi connectivity index (χ1v) is 8.04. The Labute approximate surface area is 124 Å². The summed E-state index contributed by atoms with van der Waals surface area (Å²) < 4.78 is 27.7. The highest BCUT2D eigenvalue weighted by Crippen LogP contribution is 2.37. The maximum atomic E-state index is 12.2. The van der Waals surface area contributed by atoms with Crippen LogP contribution >= 0.6 is 11.3 Å². The first kappa shape index (κ1) is 15.2. The molecule has 0 saturated heterocycles. The van der Waals surface area contributed by atoms with E-state index in [0.717, 1.165) is 17.4 Å². The van der Waals surface area contributed by atoms with E-state index < -0.39 is 14.9 Å². The van der Waals surface area contributed by atoms with E-state index in [9.17, 15) is 18.5 Å². The summed E-state index contributed by atoms with van der Waals surface area (Å²) in [6.07, 6.45) is 1.19. The number of sulfonamides is 1. The van der Waals surface area contributed by atoms with Crippen molar-refractivity contribution in [3.8, 4) is 0 Å². The van der Waals surface area contributed by atoms with E-state index in [4.69, 9.17) is 0 Å². The molecule has 0 saturated carbocycles. The second-order valence-electron chi connectivity index (χ2n) is 3.88. The van der Waals surface area contributed by atoms with Crippen LogP contribution in [0.25, 0.3) is 0 Å². The first-order valence-electron chi connectivity index (χ1n) is 5.74. The molecule has 0 aliphatic heterocycles. The monoisotopic (exact) mass is 332 g/mol. The van der Waals surface area contributed by atoms with Crippen molar-refractivity contribution in [3.05, 3.63) is 22.5 Å². The smallest absolute Gasteiger partial charge is 0.304 e. The fourth-order valence-corrected chi connectivity index (χ4v) is 3.91. The topological polar surface area (TPSA) is 132 Å². The van der Waals surface area contributed by atoms with Gasteiger partial charge in [-0.3, -0.25) is 10.1 Å². The van der Waals surface area contributed by atoms with E-state index in [1.54, 1.807) is 6.92 Å². The standard InChI is InChI=1S/C9H12N6O4S2/c1-3-10-8-6(15(16)17)4-7(20-8)21(18,19)13-9-11-5-12-14(9)2/h4-5,10H,3H2,1-2H3,(H,11,12,13). The van der Waals surface area contributed by atoms with Gasteiger partial charge in [0.2, 0.25) is 5.95 Å². The average molecular weight is 332 g/mol. The van der Waals surface area contributed by atoms with Crippen LogP contribution in [-0.4, -0.2) is 34.7 Å². The molecule has 0 aliphatic carbocycles. The molecule has 114 valence electrons. The van der Waals surface area contributed by atoms with E-state index in [0.29, 0.717) is 6.54 Å². The molecule has 0 fully saturated rings. The quantitative estimate of drug-likeness (QED) is 0.596. The highest BCUT2D eigenvalue weighted by Gasteiger charge is 2.26. The minimum atomic E-state index is -3.96. The maximum Gasteiger partial charge on any atom is 0.304 e. The number of hydrogen-bond donors (Lipinski definition) is 2. The van der Waals surface area contributed by atoms with Crippen LogP contribution in [0.4, 0.5) is 16.6 Å². The lowest BCUT2D eigenvalue weighted by molar-refractivity contribution is -0.383. The Morgan fingerprint density at radius 2 is 2.24 bits per heavy atom. The van der Waals surface area contributed by atoms with E-state index >= 15 is 0 Å². The molecule has 12 heteroatoms. The van der Waals surface area contributed by atoms with Crippen LogP contribution in [0.2, 0.25) is 0 Å². The van der Waals surface area contributed by atoms with Gasteiger partial charge >= 0.3 is 5.69 Å². The van der Waals surface area contributed by atoms with Crippen LogP contribution in [0.3, 0.4) is 0 Å². The van der Waals surface area contributed by atoms with Gasteiger partial charge in [-0.1, -0.05) is 11.3 Å². The number of aryl methyl sites for hydroxylation is 1. The summed E-state index contributed by atoms with van der Waals surface area (Å²) >= 11 is 0.786. The molecule has 2 rings (SSSR count). The lowest BCUT2D eigenvalue weighted by atomic mass is 10.5. The maximum absolute atomic E-state index is 12.2. The van der Waals surface area contributed by atoms with Crippen molar-refractivity contribution in [3.63, 3.8) is 0 Å². The third-order valence-electron chi connectivity index (χ3n) is 2.43. The molecule has 0 aliphatic rings. The van der Waals surface area contributed by atoms with Crippen molar-refractivity contribution in [2.24, 2.45) is 7.05 Å². The lowest BCUT2D eigenvalue weighted by Gasteiger charge is -2.03. The van der Waals surface area contributed by atoms with Gasteiger partial charge in [0.15, 0.2) is 5.00 Å². The SMILES string of the molecule is CCNc1sc(S(=O)(=O)Nc2ncnn2C)cc1[N+](=O)[O-]. The Morgan fingerprint density at radius 1 is 1.52 bits per heavy atom. The van der Waals surface area contributed by atoms with Crippen LogP contribution < -0.4 is 10.0 Å². The largest absolute Gasteiger partial charge is 0.372 e. The molecular weight excluding hydrogens is 320 g/mol. The third kappa shape index (κ3) is 3.11. The second-order valence-corrected chi connectivity index (χ2v) is 6.84. The summed E-state index contributed by atoms with van der Waals surface area (Å²) in [4.78, 5) is 14.1. The third-order valence-corrected chi connectivity index (χ3v) is 5.31. The lowest BCUT2D eigenvalue weighted by Crippen LogP contribution is -2.15. The van der Waals surface area contributed by atoms with Crippen molar-refractivity contribution >= 4 is 38.0 Å². The van der Waals surface area contributed by atoms with E-state index in [1.165, 1.54) is 18.1 Å². The summed E-state index contributed by atoms with van der Waals surface area (Å²) in [7, 11) is -2.44. The highest BCUT2D eigenvalue weighted by atomic mass is 32.2. The van der Waals surface area contributed by atoms with Crippen molar-refractivity contribution in [2.45, 2.75) is 11.1 Å². The number of hydrogen-bond acceptors (Lipinski definition) is 8. The summed E-state index contributed by atoms with van der Waals surface area (Å²) in [6, 6.07) is 1.02. The predicted octanol–water partition coefficient (Wildman–Crippen LogP) is 1.02. The van der Waals surface area contributed by atoms with Gasteiger partial charge in [-0.15, -0.1) is 0 Å². The normalized spacial score (nSPS) is 11.3. The molecule has 0 unspecified atom stereocenters. The molecule has 0 aromatic carbocycles. The Hall–Kier alpha value is -2.21. The van der Waals surface area contributed by atoms with Gasteiger partial charge in [0, 0.05) is 19.7 Å². The highest BCUT2D eigenvalue weighted by molar-refractivity contribution is 7.94. The molecule has 10 nitrogen and oxygen atoms in total. The number of nitro groups is 1. The number of nitrogens with zero attached hydrogens (tertiary/aromatic N) is 4. The molecule has 2 heterocycles. The van der Waals surface area contributed by atoms with Crippen molar-refractivity contribution < 1.29 is 13.3 Å². The first-order chi connectivity index (χ1) is 9.85. The van der Waals surface area contributed by atoms with Crippen LogP contribution in [-0.2, 0) is 17.1 Å². The van der Waals surface area contributed by atoms with Crippen LogP contribution in [0.1, 0.15) is 6.92 Å². The number of nitrogens with one attached hydrogen (secondary N) is 2. The summed E-state index contributed by atoms with van der Waals surface area (Å²) in [5, 5.41) is 17.6. The zero-order chi connectivity index (χ0) is 15.6. The molecule has 21 heavy (non-hydrogen) atoms. The second kappa shape index (κ2) is 5.65. The number of rotatable bonds is 6. The van der Waals surface area contributed by atoms with Gasteiger partial charge < -0.3 is 5.32 Å². The zero-order valence-corrected chi connectivity index (χ0v) is 12.7. The summed E-state index contributed by atoms with van der Waals surface area (Å²) in [5.41, 5.74) is -0.278. The van der Waals surface area contributed by atoms with E-state index in [-0.39, 0.29) is 20.8 Å². The molecule has 2 aromatic rings. The van der Waals surface area contributed by atoms with E-state index in [1.807, 2.05) is 0 Å². The summed E-state index contributed by atoms with van der Waals surface area (Å²) in [5.74, 6) is 0.0241. The Morgan fingerprint density at radius 3 is 2.76 bits per heavy atom. The molecule has 2 N–H and O–H groups in total. The number of thiophene rings is 1. The van der Waals surface area contributed by atoms with Gasteiger partial charge in [0.1, 0.15) is 10.5 Å². The van der Waals surface area contributed by atoms with E-state index in [2.05, 4.69) is 20.1 Å². The fourth-order valence-electron chi connectivity index (χ4n) is 1.47. The van der Waals surface area contributed by atoms with Crippen LogP contribution in [0, 0.1) is 10.1 Å². The van der Waals surface area contributed by atoms with Crippen LogP contribution in [0.5, 0.6) is 0 Å². The molecule has 0 spiro atoms. The van der Waals surface area contributed by atoms with Crippen molar-refractivity contribution in [1.82, 2.24) is 14.8 Å². The molecular formula is C9H12N6O4S2. The Bertz CT molecular complexity index is 765. The van der Waals surface area contributed by atoms with Gasteiger partial charge in [-0.05, 0) is 6.92 Å². The molecule has 0 bridgehead atoms. The van der Waals surface area contributed by atoms with Gasteiger partial charge in [0.25, 0.3) is 10.0 Å². The Balaban J connectivity index is 2.38. The Kier molecular flexibility index (Phi) is 4.09. The molecule has 0 radical (unpaired) electrons. The van der Waals surface area contributed by atoms with Gasteiger partial charge in [-0.25, -0.2) is 17.8 Å². The molecule has 0 amide bonds. The fraction of sp³-hybridized carbons (Fsp3) is 0.333. The number of aromatic nitrogens is 3. The van der Waals surface area contributed by atoms with Crippen molar-refractivity contribution in [2.75, 3.05) is 16.6 Å². The zero-order valence-electron chi connectivity index (χ0n) is 11.1. The number of anilines is 2. The minimum absolute atomic E-state index is 0.0241.